The van der Waals surface area contributed by atoms with Crippen molar-refractivity contribution in [2.45, 2.75) is 195 Å². The number of rotatable bonds is 3. The number of hydrogen-bond acceptors (Lipinski definition) is 11. The highest BCUT2D eigenvalue weighted by molar-refractivity contribution is 5.79. The minimum Gasteiger partial charge on any atom is -0.394 e. The van der Waals surface area contributed by atoms with Crippen molar-refractivity contribution in [1.29, 1.82) is 0 Å². The molecule has 10 heterocycles. The summed E-state index contributed by atoms with van der Waals surface area (Å²) in [5.41, 5.74) is 2.22. The molecule has 0 aliphatic carbocycles. The molecule has 10 aliphatic rings. The fraction of sp³-hybridized carbons (Fsp3) is 0.875. The third-order valence-corrected chi connectivity index (χ3v) is 14.1. The highest BCUT2D eigenvalue weighted by Gasteiger charge is 2.68. The summed E-state index contributed by atoms with van der Waals surface area (Å²) in [6.45, 7) is 12.9. The quantitative estimate of drug-likeness (QED) is 0.410. The smallest absolute Gasteiger partial charge is 0.172 e. The Kier molecular flexibility index (Phi) is 9.59. The summed E-state index contributed by atoms with van der Waals surface area (Å²) in [5, 5.41) is 20.0. The van der Waals surface area contributed by atoms with Gasteiger partial charge in [0.2, 0.25) is 0 Å². The molecule has 1 spiro atoms. The number of fused-ring (bicyclic) bond motifs is 6. The molecule has 0 aromatic carbocycles. The largest absolute Gasteiger partial charge is 0.394 e. The summed E-state index contributed by atoms with van der Waals surface area (Å²) in [6, 6.07) is 0. The van der Waals surface area contributed by atoms with Gasteiger partial charge in [0, 0.05) is 38.5 Å². The van der Waals surface area contributed by atoms with Crippen LogP contribution in [0.5, 0.6) is 0 Å². The molecule has 2 unspecified atom stereocenters. The van der Waals surface area contributed by atoms with Gasteiger partial charge in [0.15, 0.2) is 5.79 Å². The highest BCUT2D eigenvalue weighted by Crippen LogP contribution is 2.54. The second-order valence-electron chi connectivity index (χ2n) is 17.5. The summed E-state index contributed by atoms with van der Waals surface area (Å²) >= 11 is 0. The fourth-order valence-corrected chi connectivity index (χ4v) is 11.3. The lowest BCUT2D eigenvalue weighted by Crippen LogP contribution is -2.61. The Hall–Kier alpha value is -1.25. The Morgan fingerprint density at radius 1 is 0.745 bits per heavy atom. The lowest BCUT2D eigenvalue weighted by molar-refractivity contribution is -0.292. The first-order valence-corrected chi connectivity index (χ1v) is 20.0. The van der Waals surface area contributed by atoms with Crippen LogP contribution >= 0.6 is 0 Å². The molecule has 19 atom stereocenters. The highest BCUT2D eigenvalue weighted by atomic mass is 16.8. The predicted octanol–water partition coefficient (Wildman–Crippen LogP) is 4.09. The van der Waals surface area contributed by atoms with Crippen LogP contribution < -0.4 is 0 Å². The molecule has 51 heavy (non-hydrogen) atoms. The molecule has 11 heteroatoms. The molecule has 10 fully saturated rings. The van der Waals surface area contributed by atoms with Crippen LogP contribution in [0.3, 0.4) is 0 Å². The molecular weight excluding hydrogens is 656 g/mol. The standard InChI is InChI=1S/C40H58O11/c1-19-11-25-5-7-29-20(2)12-27(44-29)9-10-40-17-34-36(50-40)37-38(49-34)39(51-40)35-30(48-37)8-6-26(46-35)13-23(42)14-28-22(4)31(15-24(43)18-41)47-33(28)16-32(45-25)21(19)3/h19,22,24-39,41,43H,2-3,5-18H2,1,4H3/t19-,22-,24+,25?,26?,27+,28-,29-,30+,31-,32-,33+,34-,35+,36+,37+,38-,39+,40+/m1/s1. The molecular formula is C40H58O11. The molecule has 10 saturated heterocycles. The molecule has 2 N–H and O–H groups in total. The maximum Gasteiger partial charge on any atom is 0.172 e. The molecule has 284 valence electrons. The number of aliphatic hydroxyl groups is 2. The summed E-state index contributed by atoms with van der Waals surface area (Å²) in [5.74, 6) is -0.367. The third kappa shape index (κ3) is 6.53. The van der Waals surface area contributed by atoms with Crippen LogP contribution in [0.2, 0.25) is 0 Å². The van der Waals surface area contributed by atoms with Crippen molar-refractivity contribution in [1.82, 2.24) is 0 Å². The van der Waals surface area contributed by atoms with Crippen molar-refractivity contribution in [3.05, 3.63) is 24.3 Å². The number of aliphatic hydroxyl groups excluding tert-OH is 2. The summed E-state index contributed by atoms with van der Waals surface area (Å²) in [6.07, 6.45) is 5.65. The number of Topliss-reactive ketones (excluding diaryl/α,β-unsaturated/α-hetero) is 1. The van der Waals surface area contributed by atoms with E-state index in [1.807, 2.05) is 0 Å². The van der Waals surface area contributed by atoms with Crippen LogP contribution in [-0.2, 0) is 42.7 Å². The van der Waals surface area contributed by atoms with E-state index in [-0.39, 0.29) is 110 Å². The van der Waals surface area contributed by atoms with Gasteiger partial charge in [-0.15, -0.1) is 0 Å². The predicted molar refractivity (Wildman–Crippen MR) is 183 cm³/mol. The van der Waals surface area contributed by atoms with Gasteiger partial charge in [-0.3, -0.25) is 4.79 Å². The molecule has 10 rings (SSSR count). The molecule has 0 aromatic heterocycles. The van der Waals surface area contributed by atoms with Crippen molar-refractivity contribution in [3.8, 4) is 0 Å². The van der Waals surface area contributed by atoms with Crippen LogP contribution in [0.1, 0.15) is 97.3 Å². The lowest BCUT2D eigenvalue weighted by Gasteiger charge is -2.47. The van der Waals surface area contributed by atoms with Crippen molar-refractivity contribution >= 4 is 5.78 Å². The molecule has 0 saturated carbocycles. The number of carbonyl (C=O) groups is 1. The van der Waals surface area contributed by atoms with Crippen molar-refractivity contribution in [3.63, 3.8) is 0 Å². The van der Waals surface area contributed by atoms with Gasteiger partial charge in [0.25, 0.3) is 0 Å². The van der Waals surface area contributed by atoms with Gasteiger partial charge in [-0.05, 0) is 73.8 Å². The first kappa shape index (κ1) is 35.5. The molecule has 0 aromatic rings. The Morgan fingerprint density at radius 3 is 2.33 bits per heavy atom. The Balaban J connectivity index is 0.986. The monoisotopic (exact) mass is 714 g/mol. The average molecular weight is 715 g/mol. The first-order chi connectivity index (χ1) is 24.6. The van der Waals surface area contributed by atoms with E-state index < -0.39 is 11.9 Å². The Labute approximate surface area is 301 Å². The van der Waals surface area contributed by atoms with Gasteiger partial charge >= 0.3 is 0 Å². The van der Waals surface area contributed by atoms with Crippen LogP contribution in [0.15, 0.2) is 24.3 Å². The fourth-order valence-electron chi connectivity index (χ4n) is 11.3. The third-order valence-electron chi connectivity index (χ3n) is 14.1. The van der Waals surface area contributed by atoms with Crippen LogP contribution in [-0.4, -0.2) is 120 Å². The molecule has 11 nitrogen and oxygen atoms in total. The van der Waals surface area contributed by atoms with Gasteiger partial charge in [-0.2, -0.15) is 0 Å². The summed E-state index contributed by atoms with van der Waals surface area (Å²) in [4.78, 5) is 14.0. The van der Waals surface area contributed by atoms with E-state index >= 15 is 0 Å². The Bertz CT molecular complexity index is 1360. The van der Waals surface area contributed by atoms with Crippen LogP contribution in [0.4, 0.5) is 0 Å². The van der Waals surface area contributed by atoms with Gasteiger partial charge in [0.1, 0.15) is 36.3 Å². The van der Waals surface area contributed by atoms with E-state index in [1.165, 1.54) is 0 Å². The topological polar surface area (TPSA) is 131 Å². The van der Waals surface area contributed by atoms with Crippen LogP contribution in [0, 0.1) is 17.8 Å². The summed E-state index contributed by atoms with van der Waals surface area (Å²) in [7, 11) is 0. The first-order valence-electron chi connectivity index (χ1n) is 20.0. The number of hydrogen-bond donors (Lipinski definition) is 2. The Morgan fingerprint density at radius 2 is 1.49 bits per heavy atom. The van der Waals surface area contributed by atoms with Gasteiger partial charge in [0.05, 0.1) is 67.6 Å². The molecule has 12 bridgehead atoms. The minimum atomic E-state index is -0.872. The van der Waals surface area contributed by atoms with Crippen molar-refractivity contribution in [2.24, 2.45) is 17.8 Å². The van der Waals surface area contributed by atoms with Gasteiger partial charge < -0.3 is 48.1 Å². The number of ketones is 1. The van der Waals surface area contributed by atoms with Crippen molar-refractivity contribution in [2.75, 3.05) is 6.61 Å². The molecule has 10 aliphatic heterocycles. The van der Waals surface area contributed by atoms with E-state index in [0.29, 0.717) is 44.4 Å². The van der Waals surface area contributed by atoms with E-state index in [1.54, 1.807) is 0 Å². The second kappa shape index (κ2) is 13.8. The molecule has 0 amide bonds. The summed E-state index contributed by atoms with van der Waals surface area (Å²) < 4.78 is 53.9. The van der Waals surface area contributed by atoms with E-state index in [4.69, 9.17) is 37.9 Å². The second-order valence-corrected chi connectivity index (χ2v) is 17.5. The zero-order valence-electron chi connectivity index (χ0n) is 30.3. The van der Waals surface area contributed by atoms with E-state index in [2.05, 4.69) is 27.0 Å². The normalized spacial score (nSPS) is 53.2. The minimum absolute atomic E-state index is 0.00894. The SMILES string of the molecule is C=C1C[C@@H]2CC[C@@]34C[C@H]5O[C@H]6[C@@H](O3)[C@H]3OC(CC[C@@H]3O[C@H]6[C@H]5O4)CC(=O)C[C@@H]3[C@@H](C)[C@@H](C[C@H](O)CO)O[C@H]3C[C@H]3OC(CC[C@H]1O2)C[C@@H](C)C3=C. The van der Waals surface area contributed by atoms with E-state index in [0.717, 1.165) is 56.1 Å². The maximum absolute atomic E-state index is 14.0. The molecule has 0 radical (unpaired) electrons. The van der Waals surface area contributed by atoms with Crippen molar-refractivity contribution < 1.29 is 52.9 Å². The zero-order valence-corrected chi connectivity index (χ0v) is 30.3. The number of carbonyl (C=O) groups excluding carboxylic acids is 1. The van der Waals surface area contributed by atoms with Gasteiger partial charge in [-0.25, -0.2) is 0 Å². The maximum atomic E-state index is 14.0. The zero-order chi connectivity index (χ0) is 35.2. The lowest BCUT2D eigenvalue weighted by atomic mass is 9.79. The van der Waals surface area contributed by atoms with Gasteiger partial charge in [-0.1, -0.05) is 27.0 Å². The van der Waals surface area contributed by atoms with E-state index in [9.17, 15) is 15.0 Å². The average Bonchev–Trinajstić information content (AvgIpc) is 3.77. The number of ether oxygens (including phenoxy) is 8. The van der Waals surface area contributed by atoms with Crippen LogP contribution in [0.25, 0.3) is 0 Å².